The van der Waals surface area contributed by atoms with Gasteiger partial charge in [-0.05, 0) is 18.4 Å². The molecular weight excluding hydrogens is 186 g/mol. The predicted molar refractivity (Wildman–Crippen MR) is 60.9 cm³/mol. The Kier molecular flexibility index (Phi) is 2.58. The van der Waals surface area contributed by atoms with Gasteiger partial charge in [0.1, 0.15) is 0 Å². The standard InChI is InChI=1S/C13H15NO/c1-14(2)9-11-8-7-10-5-3-4-6-12(10)13(11)15/h3-6,9H,7-8H2,1-2H3/b11-9-. The minimum atomic E-state index is 0.186. The van der Waals surface area contributed by atoms with Gasteiger partial charge in [0.15, 0.2) is 5.78 Å². The highest BCUT2D eigenvalue weighted by atomic mass is 16.1. The van der Waals surface area contributed by atoms with Crippen molar-refractivity contribution in [2.45, 2.75) is 12.8 Å². The molecule has 0 unspecified atom stereocenters. The first-order valence-corrected chi connectivity index (χ1v) is 5.18. The van der Waals surface area contributed by atoms with Gasteiger partial charge in [0.25, 0.3) is 0 Å². The first kappa shape index (κ1) is 9.97. The van der Waals surface area contributed by atoms with E-state index in [-0.39, 0.29) is 5.78 Å². The van der Waals surface area contributed by atoms with E-state index in [0.717, 1.165) is 24.0 Å². The Morgan fingerprint density at radius 1 is 1.20 bits per heavy atom. The summed E-state index contributed by atoms with van der Waals surface area (Å²) in [6, 6.07) is 7.88. The molecule has 0 saturated heterocycles. The van der Waals surface area contributed by atoms with Crippen molar-refractivity contribution in [1.82, 2.24) is 4.90 Å². The maximum absolute atomic E-state index is 12.1. The molecule has 0 N–H and O–H groups in total. The van der Waals surface area contributed by atoms with Gasteiger partial charge in [-0.25, -0.2) is 0 Å². The molecule has 0 saturated carbocycles. The van der Waals surface area contributed by atoms with Gasteiger partial charge in [0.2, 0.25) is 0 Å². The summed E-state index contributed by atoms with van der Waals surface area (Å²) >= 11 is 0. The maximum atomic E-state index is 12.1. The topological polar surface area (TPSA) is 20.3 Å². The van der Waals surface area contributed by atoms with Crippen LogP contribution >= 0.6 is 0 Å². The van der Waals surface area contributed by atoms with Crippen molar-refractivity contribution in [3.05, 3.63) is 47.2 Å². The highest BCUT2D eigenvalue weighted by molar-refractivity contribution is 6.10. The van der Waals surface area contributed by atoms with Gasteiger partial charge in [-0.3, -0.25) is 4.79 Å². The lowest BCUT2D eigenvalue weighted by molar-refractivity contribution is 0.102. The molecule has 0 fully saturated rings. The number of benzene rings is 1. The van der Waals surface area contributed by atoms with Gasteiger partial charge in [0, 0.05) is 31.4 Å². The van der Waals surface area contributed by atoms with Crippen LogP contribution in [0.3, 0.4) is 0 Å². The molecule has 2 rings (SSSR count). The average Bonchev–Trinajstić information content (AvgIpc) is 2.22. The summed E-state index contributed by atoms with van der Waals surface area (Å²) in [6.45, 7) is 0. The van der Waals surface area contributed by atoms with E-state index in [1.54, 1.807) is 0 Å². The molecule has 0 atom stereocenters. The van der Waals surface area contributed by atoms with Crippen LogP contribution in [0.25, 0.3) is 0 Å². The smallest absolute Gasteiger partial charge is 0.190 e. The molecule has 1 aromatic carbocycles. The van der Waals surface area contributed by atoms with Gasteiger partial charge >= 0.3 is 0 Å². The molecule has 0 amide bonds. The van der Waals surface area contributed by atoms with Gasteiger partial charge in [-0.1, -0.05) is 24.3 Å². The lowest BCUT2D eigenvalue weighted by Gasteiger charge is -2.18. The molecular formula is C13H15NO. The largest absolute Gasteiger partial charge is 0.383 e. The van der Waals surface area contributed by atoms with Gasteiger partial charge in [-0.15, -0.1) is 0 Å². The molecule has 1 aromatic rings. The number of fused-ring (bicyclic) bond motifs is 1. The van der Waals surface area contributed by atoms with Crippen molar-refractivity contribution in [3.8, 4) is 0 Å². The number of allylic oxidation sites excluding steroid dienone is 1. The van der Waals surface area contributed by atoms with E-state index in [2.05, 4.69) is 0 Å². The number of Topliss-reactive ketones (excluding diaryl/α,β-unsaturated/α-hetero) is 1. The summed E-state index contributed by atoms with van der Waals surface area (Å²) in [5.41, 5.74) is 2.97. The summed E-state index contributed by atoms with van der Waals surface area (Å²) in [7, 11) is 3.89. The molecule has 0 spiro atoms. The number of rotatable bonds is 1. The quantitative estimate of drug-likeness (QED) is 0.649. The molecule has 2 heteroatoms. The summed E-state index contributed by atoms with van der Waals surface area (Å²) in [4.78, 5) is 14.0. The Hall–Kier alpha value is -1.57. The Labute approximate surface area is 90.2 Å². The van der Waals surface area contributed by atoms with E-state index in [4.69, 9.17) is 0 Å². The zero-order valence-electron chi connectivity index (χ0n) is 9.16. The third-order valence-corrected chi connectivity index (χ3v) is 2.63. The van der Waals surface area contributed by atoms with Crippen LogP contribution in [0.1, 0.15) is 22.3 Å². The molecule has 0 radical (unpaired) electrons. The Bertz CT molecular complexity index is 418. The van der Waals surface area contributed by atoms with E-state index in [1.165, 1.54) is 5.56 Å². The van der Waals surface area contributed by atoms with E-state index in [0.29, 0.717) is 0 Å². The summed E-state index contributed by atoms with van der Waals surface area (Å²) in [5, 5.41) is 0. The first-order valence-electron chi connectivity index (χ1n) is 5.18. The number of aryl methyl sites for hydroxylation is 1. The molecule has 0 aromatic heterocycles. The minimum Gasteiger partial charge on any atom is -0.383 e. The fourth-order valence-electron chi connectivity index (χ4n) is 1.95. The number of ketones is 1. The van der Waals surface area contributed by atoms with Crippen molar-refractivity contribution in [2.75, 3.05) is 14.1 Å². The molecule has 0 bridgehead atoms. The minimum absolute atomic E-state index is 0.186. The van der Waals surface area contributed by atoms with Crippen LogP contribution < -0.4 is 0 Å². The summed E-state index contributed by atoms with van der Waals surface area (Å²) in [5.74, 6) is 0.186. The summed E-state index contributed by atoms with van der Waals surface area (Å²) < 4.78 is 0. The molecule has 0 heterocycles. The monoisotopic (exact) mass is 201 g/mol. The molecule has 2 nitrogen and oxygen atoms in total. The van der Waals surface area contributed by atoms with Crippen molar-refractivity contribution < 1.29 is 4.79 Å². The SMILES string of the molecule is CN(C)/C=C1/CCc2ccccc2C1=O. The predicted octanol–water partition coefficient (Wildman–Crippen LogP) is 2.26. The highest BCUT2D eigenvalue weighted by Gasteiger charge is 2.21. The lowest BCUT2D eigenvalue weighted by atomic mass is 9.87. The fraction of sp³-hybridized carbons (Fsp3) is 0.308. The van der Waals surface area contributed by atoms with Crippen molar-refractivity contribution in [2.24, 2.45) is 0 Å². The van der Waals surface area contributed by atoms with E-state index >= 15 is 0 Å². The normalized spacial score (nSPS) is 17.7. The van der Waals surface area contributed by atoms with Crippen LogP contribution in [0, 0.1) is 0 Å². The van der Waals surface area contributed by atoms with E-state index in [9.17, 15) is 4.79 Å². The van der Waals surface area contributed by atoms with E-state index in [1.807, 2.05) is 49.5 Å². The average molecular weight is 201 g/mol. The number of nitrogens with zero attached hydrogens (tertiary/aromatic N) is 1. The van der Waals surface area contributed by atoms with Gasteiger partial charge in [0.05, 0.1) is 0 Å². The van der Waals surface area contributed by atoms with Crippen LogP contribution in [0.4, 0.5) is 0 Å². The Morgan fingerprint density at radius 3 is 2.67 bits per heavy atom. The van der Waals surface area contributed by atoms with Crippen LogP contribution in [0.15, 0.2) is 36.0 Å². The highest BCUT2D eigenvalue weighted by Crippen LogP contribution is 2.24. The van der Waals surface area contributed by atoms with Crippen molar-refractivity contribution >= 4 is 5.78 Å². The molecule has 78 valence electrons. The second kappa shape index (κ2) is 3.89. The van der Waals surface area contributed by atoms with Crippen molar-refractivity contribution in [1.29, 1.82) is 0 Å². The molecule has 15 heavy (non-hydrogen) atoms. The fourth-order valence-corrected chi connectivity index (χ4v) is 1.95. The van der Waals surface area contributed by atoms with Gasteiger partial charge in [-0.2, -0.15) is 0 Å². The van der Waals surface area contributed by atoms with Crippen LogP contribution in [-0.4, -0.2) is 24.8 Å². The third-order valence-electron chi connectivity index (χ3n) is 2.63. The second-order valence-corrected chi connectivity index (χ2v) is 4.10. The molecule has 0 aliphatic heterocycles. The first-order chi connectivity index (χ1) is 7.18. The van der Waals surface area contributed by atoms with Crippen LogP contribution in [-0.2, 0) is 6.42 Å². The zero-order valence-corrected chi connectivity index (χ0v) is 9.16. The number of carbonyl (C=O) groups is 1. The third kappa shape index (κ3) is 1.94. The van der Waals surface area contributed by atoms with Gasteiger partial charge < -0.3 is 4.90 Å². The Morgan fingerprint density at radius 2 is 1.93 bits per heavy atom. The molecule has 1 aliphatic rings. The summed E-state index contributed by atoms with van der Waals surface area (Å²) in [6.07, 6.45) is 3.76. The van der Waals surface area contributed by atoms with Crippen molar-refractivity contribution in [3.63, 3.8) is 0 Å². The van der Waals surface area contributed by atoms with Crippen LogP contribution in [0.2, 0.25) is 0 Å². The lowest BCUT2D eigenvalue weighted by Crippen LogP contribution is -2.16. The maximum Gasteiger partial charge on any atom is 0.190 e. The molecule has 1 aliphatic carbocycles. The zero-order chi connectivity index (χ0) is 10.8. The number of hydrogen-bond donors (Lipinski definition) is 0. The number of hydrogen-bond acceptors (Lipinski definition) is 2. The Balaban J connectivity index is 2.38. The van der Waals surface area contributed by atoms with E-state index < -0.39 is 0 Å². The van der Waals surface area contributed by atoms with Crippen LogP contribution in [0.5, 0.6) is 0 Å². The number of carbonyl (C=O) groups excluding carboxylic acids is 1. The second-order valence-electron chi connectivity index (χ2n) is 4.10.